The Morgan fingerprint density at radius 3 is 2.68 bits per heavy atom. The van der Waals surface area contributed by atoms with Crippen molar-refractivity contribution in [1.29, 1.82) is 0 Å². The van der Waals surface area contributed by atoms with E-state index in [0.29, 0.717) is 0 Å². The Labute approximate surface area is 111 Å². The molecule has 6 heteroatoms. The summed E-state index contributed by atoms with van der Waals surface area (Å²) in [6, 6.07) is 5.85. The molecule has 0 bridgehead atoms. The minimum atomic E-state index is -1.09. The minimum Gasteiger partial charge on any atom is -0.481 e. The Morgan fingerprint density at radius 1 is 1.37 bits per heavy atom. The highest BCUT2D eigenvalue weighted by atomic mass is 16.4. The van der Waals surface area contributed by atoms with Crippen LogP contribution in [0.1, 0.15) is 19.3 Å². The van der Waals surface area contributed by atoms with Gasteiger partial charge in [-0.05, 0) is 25.0 Å². The third-order valence-corrected chi connectivity index (χ3v) is 3.15. The third kappa shape index (κ3) is 3.94. The van der Waals surface area contributed by atoms with E-state index in [0.717, 1.165) is 31.7 Å². The second-order valence-electron chi connectivity index (χ2n) is 4.59. The van der Waals surface area contributed by atoms with Gasteiger partial charge >= 0.3 is 5.97 Å². The van der Waals surface area contributed by atoms with Crippen LogP contribution in [0, 0.1) is 0 Å². The van der Waals surface area contributed by atoms with Crippen molar-refractivity contribution in [3.05, 3.63) is 24.4 Å². The highest BCUT2D eigenvalue weighted by molar-refractivity contribution is 5.93. The normalized spacial score (nSPS) is 16.1. The number of hydrogen-bond donors (Lipinski definition) is 2. The molecular formula is C13H17N3O3. The number of anilines is 1. The molecule has 2 N–H and O–H groups in total. The summed E-state index contributed by atoms with van der Waals surface area (Å²) in [5, 5.41) is 11.3. The Hall–Kier alpha value is -2.11. The Kier molecular flexibility index (Phi) is 4.33. The number of carboxylic acids is 1. The van der Waals surface area contributed by atoms with Crippen molar-refractivity contribution in [2.24, 2.45) is 0 Å². The summed E-state index contributed by atoms with van der Waals surface area (Å²) in [4.78, 5) is 28.2. The van der Waals surface area contributed by atoms with Gasteiger partial charge in [-0.15, -0.1) is 0 Å². The fraction of sp³-hybridized carbons (Fsp3) is 0.462. The van der Waals surface area contributed by atoms with Crippen LogP contribution in [0.4, 0.5) is 5.82 Å². The SMILES string of the molecule is O=C(O)CC(=O)NC1CCN(c2ccccn2)CC1. The third-order valence-electron chi connectivity index (χ3n) is 3.15. The molecule has 0 spiro atoms. The van der Waals surface area contributed by atoms with E-state index in [4.69, 9.17) is 5.11 Å². The lowest BCUT2D eigenvalue weighted by Crippen LogP contribution is -2.45. The highest BCUT2D eigenvalue weighted by Crippen LogP contribution is 2.17. The summed E-state index contributed by atoms with van der Waals surface area (Å²) < 4.78 is 0. The number of nitrogens with zero attached hydrogens (tertiary/aromatic N) is 2. The van der Waals surface area contributed by atoms with Gasteiger partial charge in [0.05, 0.1) is 0 Å². The first-order valence-corrected chi connectivity index (χ1v) is 6.32. The number of nitrogens with one attached hydrogen (secondary N) is 1. The van der Waals surface area contributed by atoms with Gasteiger partial charge in [-0.3, -0.25) is 9.59 Å². The molecule has 1 aromatic heterocycles. The van der Waals surface area contributed by atoms with E-state index >= 15 is 0 Å². The van der Waals surface area contributed by atoms with E-state index in [2.05, 4.69) is 15.2 Å². The topological polar surface area (TPSA) is 82.5 Å². The average molecular weight is 263 g/mol. The van der Waals surface area contributed by atoms with Crippen LogP contribution in [0.3, 0.4) is 0 Å². The molecule has 0 radical (unpaired) electrons. The maximum absolute atomic E-state index is 11.4. The zero-order valence-corrected chi connectivity index (χ0v) is 10.6. The molecule has 0 saturated carbocycles. The summed E-state index contributed by atoms with van der Waals surface area (Å²) >= 11 is 0. The van der Waals surface area contributed by atoms with Crippen LogP contribution in [0.5, 0.6) is 0 Å². The van der Waals surface area contributed by atoms with Crippen molar-refractivity contribution in [1.82, 2.24) is 10.3 Å². The van der Waals surface area contributed by atoms with Crippen LogP contribution in [0.2, 0.25) is 0 Å². The van der Waals surface area contributed by atoms with E-state index in [1.807, 2.05) is 18.2 Å². The predicted molar refractivity (Wildman–Crippen MR) is 69.9 cm³/mol. The number of aromatic nitrogens is 1. The molecule has 0 aliphatic carbocycles. The van der Waals surface area contributed by atoms with Gasteiger partial charge in [0.25, 0.3) is 0 Å². The number of piperidine rings is 1. The van der Waals surface area contributed by atoms with Crippen molar-refractivity contribution < 1.29 is 14.7 Å². The average Bonchev–Trinajstić information content (AvgIpc) is 2.39. The zero-order valence-electron chi connectivity index (χ0n) is 10.6. The van der Waals surface area contributed by atoms with E-state index in [1.165, 1.54) is 0 Å². The van der Waals surface area contributed by atoms with Crippen LogP contribution in [-0.4, -0.2) is 41.1 Å². The summed E-state index contributed by atoms with van der Waals surface area (Å²) in [5.41, 5.74) is 0. The number of rotatable bonds is 4. The molecule has 19 heavy (non-hydrogen) atoms. The summed E-state index contributed by atoms with van der Waals surface area (Å²) in [6.45, 7) is 1.63. The molecule has 1 aliphatic rings. The Morgan fingerprint density at radius 2 is 2.11 bits per heavy atom. The van der Waals surface area contributed by atoms with Gasteiger partial charge in [0, 0.05) is 25.3 Å². The molecule has 0 unspecified atom stereocenters. The van der Waals surface area contributed by atoms with E-state index in [1.54, 1.807) is 6.20 Å². The molecule has 2 heterocycles. The second kappa shape index (κ2) is 6.17. The lowest BCUT2D eigenvalue weighted by molar-refractivity contribution is -0.140. The smallest absolute Gasteiger partial charge is 0.312 e. The van der Waals surface area contributed by atoms with Crippen LogP contribution in [0.15, 0.2) is 24.4 Å². The molecule has 1 amide bonds. The summed E-state index contributed by atoms with van der Waals surface area (Å²) in [7, 11) is 0. The van der Waals surface area contributed by atoms with E-state index < -0.39 is 18.3 Å². The molecule has 1 aliphatic heterocycles. The largest absolute Gasteiger partial charge is 0.481 e. The standard InChI is InChI=1S/C13H17N3O3/c17-12(9-13(18)19)15-10-4-7-16(8-5-10)11-3-1-2-6-14-11/h1-3,6,10H,4-5,7-9H2,(H,15,17)(H,18,19). The fourth-order valence-corrected chi connectivity index (χ4v) is 2.21. The maximum atomic E-state index is 11.4. The van der Waals surface area contributed by atoms with Gasteiger partial charge in [0.15, 0.2) is 0 Å². The van der Waals surface area contributed by atoms with Gasteiger partial charge < -0.3 is 15.3 Å². The minimum absolute atomic E-state index is 0.0619. The van der Waals surface area contributed by atoms with Crippen molar-refractivity contribution >= 4 is 17.7 Å². The Bertz CT molecular complexity index is 442. The molecule has 6 nitrogen and oxygen atoms in total. The van der Waals surface area contributed by atoms with Crippen molar-refractivity contribution in [2.75, 3.05) is 18.0 Å². The first kappa shape index (κ1) is 13.3. The fourth-order valence-electron chi connectivity index (χ4n) is 2.21. The molecule has 0 atom stereocenters. The molecular weight excluding hydrogens is 246 g/mol. The first-order chi connectivity index (χ1) is 9.15. The molecule has 1 saturated heterocycles. The van der Waals surface area contributed by atoms with E-state index in [-0.39, 0.29) is 6.04 Å². The van der Waals surface area contributed by atoms with Gasteiger partial charge in [-0.2, -0.15) is 0 Å². The molecule has 102 valence electrons. The quantitative estimate of drug-likeness (QED) is 0.779. The van der Waals surface area contributed by atoms with Crippen molar-refractivity contribution in [3.8, 4) is 0 Å². The summed E-state index contributed by atoms with van der Waals surface area (Å²) in [6.07, 6.45) is 2.92. The molecule has 1 aromatic rings. The number of carbonyl (C=O) groups excluding carboxylic acids is 1. The van der Waals surface area contributed by atoms with Crippen LogP contribution in [0.25, 0.3) is 0 Å². The Balaban J connectivity index is 1.80. The van der Waals surface area contributed by atoms with Crippen molar-refractivity contribution in [3.63, 3.8) is 0 Å². The zero-order chi connectivity index (χ0) is 13.7. The van der Waals surface area contributed by atoms with Crippen LogP contribution < -0.4 is 10.2 Å². The lowest BCUT2D eigenvalue weighted by Gasteiger charge is -2.33. The van der Waals surface area contributed by atoms with E-state index in [9.17, 15) is 9.59 Å². The first-order valence-electron chi connectivity index (χ1n) is 6.32. The number of amides is 1. The summed E-state index contributed by atoms with van der Waals surface area (Å²) in [5.74, 6) is -0.565. The monoisotopic (exact) mass is 263 g/mol. The molecule has 2 rings (SSSR count). The number of carbonyl (C=O) groups is 2. The van der Waals surface area contributed by atoms with Gasteiger partial charge in [0.2, 0.25) is 5.91 Å². The lowest BCUT2D eigenvalue weighted by atomic mass is 10.0. The number of pyridine rings is 1. The van der Waals surface area contributed by atoms with Crippen molar-refractivity contribution in [2.45, 2.75) is 25.3 Å². The van der Waals surface area contributed by atoms with Gasteiger partial charge in [-0.25, -0.2) is 4.98 Å². The number of hydrogen-bond acceptors (Lipinski definition) is 4. The van der Waals surface area contributed by atoms with Gasteiger partial charge in [-0.1, -0.05) is 6.07 Å². The molecule has 0 aromatic carbocycles. The highest BCUT2D eigenvalue weighted by Gasteiger charge is 2.21. The van der Waals surface area contributed by atoms with Gasteiger partial charge in [0.1, 0.15) is 12.2 Å². The number of aliphatic carboxylic acids is 1. The van der Waals surface area contributed by atoms with Crippen LogP contribution >= 0.6 is 0 Å². The second-order valence-corrected chi connectivity index (χ2v) is 4.59. The maximum Gasteiger partial charge on any atom is 0.312 e. The van der Waals surface area contributed by atoms with Crippen LogP contribution in [-0.2, 0) is 9.59 Å². The molecule has 1 fully saturated rings. The number of carboxylic acid groups (broad SMARTS) is 1. The predicted octanol–water partition coefficient (Wildman–Crippen LogP) is 0.641.